The Kier molecular flexibility index (Phi) is 9.04. The SMILES string of the molecule is CC(C)Oc1ccc(F)cc1N1CCN(CCCCN2C(=O)CSC2=O)CC1.Cl. The number of benzene rings is 1. The van der Waals surface area contributed by atoms with Gasteiger partial charge in [-0.05, 0) is 45.4 Å². The first-order chi connectivity index (χ1) is 13.4. The number of amides is 2. The minimum Gasteiger partial charge on any atom is -0.489 e. The fourth-order valence-electron chi connectivity index (χ4n) is 3.51. The van der Waals surface area contributed by atoms with Crippen molar-refractivity contribution in [2.24, 2.45) is 0 Å². The average Bonchev–Trinajstić information content (AvgIpc) is 2.98. The van der Waals surface area contributed by atoms with Gasteiger partial charge in [-0.15, -0.1) is 12.4 Å². The molecule has 2 fully saturated rings. The zero-order valence-electron chi connectivity index (χ0n) is 16.9. The molecule has 2 amide bonds. The molecule has 0 saturated carbocycles. The Morgan fingerprint density at radius 3 is 2.41 bits per heavy atom. The van der Waals surface area contributed by atoms with Gasteiger partial charge in [-0.2, -0.15) is 0 Å². The Hall–Kier alpha value is -1.51. The predicted molar refractivity (Wildman–Crippen MR) is 117 cm³/mol. The predicted octanol–water partition coefficient (Wildman–Crippen LogP) is 3.63. The second-order valence-corrected chi connectivity index (χ2v) is 8.34. The summed E-state index contributed by atoms with van der Waals surface area (Å²) >= 11 is 1.09. The van der Waals surface area contributed by atoms with Crippen LogP contribution in [0.15, 0.2) is 18.2 Å². The first-order valence-corrected chi connectivity index (χ1v) is 10.8. The Bertz CT molecular complexity index is 698. The van der Waals surface area contributed by atoms with Gasteiger partial charge in [0.25, 0.3) is 5.24 Å². The number of imide groups is 1. The van der Waals surface area contributed by atoms with Gasteiger partial charge >= 0.3 is 0 Å². The minimum atomic E-state index is -0.252. The highest BCUT2D eigenvalue weighted by Crippen LogP contribution is 2.31. The number of piperazine rings is 1. The second kappa shape index (κ2) is 11.0. The van der Waals surface area contributed by atoms with E-state index in [1.807, 2.05) is 13.8 Å². The van der Waals surface area contributed by atoms with Crippen LogP contribution in [0.3, 0.4) is 0 Å². The molecule has 29 heavy (non-hydrogen) atoms. The van der Waals surface area contributed by atoms with E-state index in [2.05, 4.69) is 9.80 Å². The fraction of sp³-hybridized carbons (Fsp3) is 0.600. The average molecular weight is 446 g/mol. The van der Waals surface area contributed by atoms with Gasteiger partial charge in [-0.3, -0.25) is 19.4 Å². The van der Waals surface area contributed by atoms with E-state index in [1.165, 1.54) is 11.0 Å². The molecule has 0 spiro atoms. The molecule has 0 radical (unpaired) electrons. The van der Waals surface area contributed by atoms with E-state index in [-0.39, 0.29) is 41.2 Å². The van der Waals surface area contributed by atoms with Crippen LogP contribution in [-0.4, -0.2) is 72.1 Å². The van der Waals surface area contributed by atoms with Crippen LogP contribution in [0, 0.1) is 5.82 Å². The summed E-state index contributed by atoms with van der Waals surface area (Å²) in [4.78, 5) is 29.1. The Balaban J connectivity index is 0.00000300. The summed E-state index contributed by atoms with van der Waals surface area (Å²) in [6, 6.07) is 4.69. The number of carbonyl (C=O) groups is 2. The molecule has 0 N–H and O–H groups in total. The summed E-state index contributed by atoms with van der Waals surface area (Å²) < 4.78 is 19.6. The molecule has 9 heteroatoms. The molecule has 0 aromatic heterocycles. The smallest absolute Gasteiger partial charge is 0.288 e. The highest BCUT2D eigenvalue weighted by Gasteiger charge is 2.29. The highest BCUT2D eigenvalue weighted by molar-refractivity contribution is 8.14. The first-order valence-electron chi connectivity index (χ1n) is 9.84. The van der Waals surface area contributed by atoms with Crippen molar-refractivity contribution in [2.75, 3.05) is 49.9 Å². The summed E-state index contributed by atoms with van der Waals surface area (Å²) in [6.07, 6.45) is 1.82. The quantitative estimate of drug-likeness (QED) is 0.569. The highest BCUT2D eigenvalue weighted by atomic mass is 35.5. The molecule has 0 unspecified atom stereocenters. The van der Waals surface area contributed by atoms with Crippen molar-refractivity contribution in [3.8, 4) is 5.75 Å². The summed E-state index contributed by atoms with van der Waals surface area (Å²) in [7, 11) is 0. The zero-order valence-corrected chi connectivity index (χ0v) is 18.6. The zero-order chi connectivity index (χ0) is 20.1. The molecule has 2 heterocycles. The maximum atomic E-state index is 13.8. The van der Waals surface area contributed by atoms with Crippen molar-refractivity contribution >= 4 is 41.0 Å². The van der Waals surface area contributed by atoms with E-state index in [0.717, 1.165) is 68.8 Å². The van der Waals surface area contributed by atoms with Crippen LogP contribution in [0.5, 0.6) is 5.75 Å². The lowest BCUT2D eigenvalue weighted by atomic mass is 10.2. The van der Waals surface area contributed by atoms with Gasteiger partial charge in [0.05, 0.1) is 17.5 Å². The van der Waals surface area contributed by atoms with Gasteiger partial charge in [-0.1, -0.05) is 11.8 Å². The molecule has 2 aliphatic heterocycles. The van der Waals surface area contributed by atoms with Gasteiger partial charge < -0.3 is 9.64 Å². The molecule has 0 aliphatic carbocycles. The summed E-state index contributed by atoms with van der Waals surface area (Å²) in [6.45, 7) is 8.82. The van der Waals surface area contributed by atoms with Crippen LogP contribution < -0.4 is 9.64 Å². The molecular formula is C20H29ClFN3O3S. The van der Waals surface area contributed by atoms with Crippen LogP contribution in [0.1, 0.15) is 26.7 Å². The van der Waals surface area contributed by atoms with Gasteiger partial charge in [-0.25, -0.2) is 4.39 Å². The van der Waals surface area contributed by atoms with Crippen molar-refractivity contribution in [1.82, 2.24) is 9.80 Å². The lowest BCUT2D eigenvalue weighted by molar-refractivity contribution is -0.124. The molecular weight excluding hydrogens is 417 g/mol. The van der Waals surface area contributed by atoms with E-state index in [4.69, 9.17) is 4.74 Å². The molecule has 0 bridgehead atoms. The summed E-state index contributed by atoms with van der Waals surface area (Å²) in [5, 5.41) is -0.117. The molecule has 1 aromatic rings. The lowest BCUT2D eigenvalue weighted by Crippen LogP contribution is -2.46. The topological polar surface area (TPSA) is 53.1 Å². The number of ether oxygens (including phenoxy) is 1. The van der Waals surface area contributed by atoms with Crippen molar-refractivity contribution in [3.05, 3.63) is 24.0 Å². The normalized spacial score (nSPS) is 17.8. The molecule has 3 rings (SSSR count). The molecule has 1 aromatic carbocycles. The maximum absolute atomic E-state index is 13.8. The van der Waals surface area contributed by atoms with E-state index in [0.29, 0.717) is 6.54 Å². The molecule has 0 atom stereocenters. The monoisotopic (exact) mass is 445 g/mol. The lowest BCUT2D eigenvalue weighted by Gasteiger charge is -2.37. The van der Waals surface area contributed by atoms with Crippen LogP contribution in [0.25, 0.3) is 0 Å². The Labute approximate surface area is 182 Å². The van der Waals surface area contributed by atoms with E-state index < -0.39 is 0 Å². The number of nitrogens with zero attached hydrogens (tertiary/aromatic N) is 3. The number of halogens is 2. The molecule has 2 aliphatic rings. The van der Waals surface area contributed by atoms with Crippen LogP contribution >= 0.6 is 24.2 Å². The second-order valence-electron chi connectivity index (χ2n) is 7.41. The number of thioether (sulfide) groups is 1. The molecule has 162 valence electrons. The number of rotatable bonds is 8. The summed E-state index contributed by atoms with van der Waals surface area (Å²) in [5.74, 6) is 0.683. The number of hydrogen-bond donors (Lipinski definition) is 0. The first kappa shape index (κ1) is 23.8. The third-order valence-corrected chi connectivity index (χ3v) is 5.80. The van der Waals surface area contributed by atoms with Crippen LogP contribution in [0.2, 0.25) is 0 Å². The van der Waals surface area contributed by atoms with Gasteiger partial charge in [0.15, 0.2) is 0 Å². The largest absolute Gasteiger partial charge is 0.489 e. The van der Waals surface area contributed by atoms with E-state index in [9.17, 15) is 14.0 Å². The fourth-order valence-corrected chi connectivity index (χ4v) is 4.26. The van der Waals surface area contributed by atoms with Crippen molar-refractivity contribution in [2.45, 2.75) is 32.8 Å². The number of unbranched alkanes of at least 4 members (excludes halogenated alkanes) is 1. The van der Waals surface area contributed by atoms with Crippen LogP contribution in [0.4, 0.5) is 14.9 Å². The summed E-state index contributed by atoms with van der Waals surface area (Å²) in [5.41, 5.74) is 0.817. The minimum absolute atomic E-state index is 0. The standard InChI is InChI=1S/C20H28FN3O3S.ClH/c1-15(2)27-18-6-5-16(21)13-17(18)23-11-9-22(10-12-23)7-3-4-8-24-19(25)14-28-20(24)26;/h5-6,13,15H,3-4,7-12,14H2,1-2H3;1H. The molecule has 6 nitrogen and oxygen atoms in total. The van der Waals surface area contributed by atoms with E-state index in [1.54, 1.807) is 12.1 Å². The number of hydrogen-bond acceptors (Lipinski definition) is 6. The maximum Gasteiger partial charge on any atom is 0.288 e. The number of carbonyl (C=O) groups excluding carboxylic acids is 2. The van der Waals surface area contributed by atoms with Gasteiger partial charge in [0.1, 0.15) is 11.6 Å². The Morgan fingerprint density at radius 2 is 1.79 bits per heavy atom. The number of anilines is 1. The molecule has 2 saturated heterocycles. The van der Waals surface area contributed by atoms with Gasteiger partial charge in [0.2, 0.25) is 5.91 Å². The third kappa shape index (κ3) is 6.49. The van der Waals surface area contributed by atoms with E-state index >= 15 is 0 Å². The van der Waals surface area contributed by atoms with Crippen molar-refractivity contribution < 1.29 is 18.7 Å². The van der Waals surface area contributed by atoms with Crippen molar-refractivity contribution in [1.29, 1.82) is 0 Å². The third-order valence-electron chi connectivity index (χ3n) is 4.94. The van der Waals surface area contributed by atoms with Crippen molar-refractivity contribution in [3.63, 3.8) is 0 Å². The Morgan fingerprint density at radius 1 is 1.10 bits per heavy atom. The van der Waals surface area contributed by atoms with Crippen LogP contribution in [-0.2, 0) is 4.79 Å². The van der Waals surface area contributed by atoms with Gasteiger partial charge in [0, 0.05) is 38.8 Å².